The number of aromatic amines is 1. The number of nitrogens with one attached hydrogen (secondary N) is 1. The van der Waals surface area contributed by atoms with Crippen molar-refractivity contribution in [2.75, 3.05) is 0 Å². The van der Waals surface area contributed by atoms with E-state index in [4.69, 9.17) is 11.6 Å². The predicted molar refractivity (Wildman–Crippen MR) is 85.1 cm³/mol. The number of aromatic nitrogens is 1. The van der Waals surface area contributed by atoms with Gasteiger partial charge in [0.25, 0.3) is 0 Å². The Morgan fingerprint density at radius 1 is 1.05 bits per heavy atom. The second-order valence-electron chi connectivity index (χ2n) is 5.00. The molecule has 0 spiro atoms. The normalized spacial score (nSPS) is 11.6. The van der Waals surface area contributed by atoms with Crippen molar-refractivity contribution in [3.05, 3.63) is 52.5 Å². The number of hydrogen-bond acceptors (Lipinski definition) is 3. The highest BCUT2D eigenvalue weighted by atomic mass is 35.5. The van der Waals surface area contributed by atoms with Crippen molar-refractivity contribution in [2.45, 2.75) is 13.8 Å². The third kappa shape index (κ3) is 2.62. The Kier molecular flexibility index (Phi) is 3.39. The van der Waals surface area contributed by atoms with E-state index >= 15 is 0 Å². The molecule has 0 bridgehead atoms. The van der Waals surface area contributed by atoms with Gasteiger partial charge in [-0.05, 0) is 43.7 Å². The van der Waals surface area contributed by atoms with E-state index in [0.717, 1.165) is 22.0 Å². The monoisotopic (exact) mass is 299 g/mol. The molecule has 106 valence electrons. The van der Waals surface area contributed by atoms with Crippen molar-refractivity contribution in [3.63, 3.8) is 0 Å². The lowest BCUT2D eigenvalue weighted by Crippen LogP contribution is -1.73. The summed E-state index contributed by atoms with van der Waals surface area (Å²) in [4.78, 5) is 2.89. The molecule has 0 radical (unpaired) electrons. The van der Waals surface area contributed by atoms with Gasteiger partial charge < -0.3 is 10.1 Å². The molecule has 0 saturated carbocycles. The Morgan fingerprint density at radius 3 is 2.67 bits per heavy atom. The molecule has 4 nitrogen and oxygen atoms in total. The molecule has 3 rings (SSSR count). The molecular formula is C16H14ClN3O. The van der Waals surface area contributed by atoms with E-state index in [0.29, 0.717) is 16.4 Å². The van der Waals surface area contributed by atoms with Crippen LogP contribution >= 0.6 is 11.6 Å². The molecule has 0 saturated heterocycles. The van der Waals surface area contributed by atoms with Crippen LogP contribution in [0, 0.1) is 13.8 Å². The van der Waals surface area contributed by atoms with E-state index in [1.165, 1.54) is 0 Å². The lowest BCUT2D eigenvalue weighted by molar-refractivity contribution is 0.459. The molecule has 21 heavy (non-hydrogen) atoms. The van der Waals surface area contributed by atoms with Crippen LogP contribution in [0.4, 0.5) is 11.4 Å². The minimum atomic E-state index is 0.0130. The van der Waals surface area contributed by atoms with E-state index < -0.39 is 0 Å². The van der Waals surface area contributed by atoms with E-state index in [-0.39, 0.29) is 5.88 Å². The molecule has 1 heterocycles. The highest BCUT2D eigenvalue weighted by Gasteiger charge is 2.10. The van der Waals surface area contributed by atoms with Gasteiger partial charge in [-0.3, -0.25) is 0 Å². The number of azo groups is 1. The van der Waals surface area contributed by atoms with Gasteiger partial charge in [0.1, 0.15) is 0 Å². The summed E-state index contributed by atoms with van der Waals surface area (Å²) in [5.74, 6) is 0.0130. The molecule has 0 aliphatic rings. The van der Waals surface area contributed by atoms with Crippen LogP contribution in [0.2, 0.25) is 5.02 Å². The van der Waals surface area contributed by atoms with Gasteiger partial charge in [0, 0.05) is 10.4 Å². The Labute approximate surface area is 127 Å². The van der Waals surface area contributed by atoms with Crippen molar-refractivity contribution in [2.24, 2.45) is 10.2 Å². The molecule has 0 atom stereocenters. The van der Waals surface area contributed by atoms with Crippen molar-refractivity contribution in [1.82, 2.24) is 4.98 Å². The van der Waals surface area contributed by atoms with Crippen LogP contribution in [0.5, 0.6) is 5.88 Å². The van der Waals surface area contributed by atoms with Gasteiger partial charge >= 0.3 is 0 Å². The molecule has 1 aromatic heterocycles. The number of aryl methyl sites for hydroxylation is 2. The molecule has 0 amide bonds. The molecule has 0 aliphatic heterocycles. The highest BCUT2D eigenvalue weighted by Crippen LogP contribution is 2.37. The Morgan fingerprint density at radius 2 is 1.86 bits per heavy atom. The summed E-state index contributed by atoms with van der Waals surface area (Å²) >= 11 is 5.97. The fourth-order valence-electron chi connectivity index (χ4n) is 2.17. The number of fused-ring (bicyclic) bond motifs is 1. The molecular weight excluding hydrogens is 286 g/mol. The van der Waals surface area contributed by atoms with E-state index in [1.807, 2.05) is 44.2 Å². The van der Waals surface area contributed by atoms with Gasteiger partial charge in [-0.15, -0.1) is 5.11 Å². The van der Waals surface area contributed by atoms with Crippen LogP contribution in [0.25, 0.3) is 10.9 Å². The van der Waals surface area contributed by atoms with Crippen molar-refractivity contribution >= 4 is 33.9 Å². The van der Waals surface area contributed by atoms with Crippen molar-refractivity contribution in [3.8, 4) is 5.88 Å². The second-order valence-corrected chi connectivity index (χ2v) is 5.44. The number of aromatic hydroxyl groups is 1. The topological polar surface area (TPSA) is 60.7 Å². The summed E-state index contributed by atoms with van der Waals surface area (Å²) in [6.45, 7) is 3.93. The quantitative estimate of drug-likeness (QED) is 0.598. The first-order valence-electron chi connectivity index (χ1n) is 6.54. The van der Waals surface area contributed by atoms with Crippen LogP contribution in [0.15, 0.2) is 46.6 Å². The van der Waals surface area contributed by atoms with Crippen LogP contribution in [0.1, 0.15) is 11.1 Å². The SMILES string of the molecule is Cc1ccc2[nH]c(O)c(N=Nc3cc(Cl)ccc3C)c2c1. The number of nitrogens with zero attached hydrogens (tertiary/aromatic N) is 2. The highest BCUT2D eigenvalue weighted by molar-refractivity contribution is 6.30. The molecule has 0 fully saturated rings. The zero-order valence-electron chi connectivity index (χ0n) is 11.7. The summed E-state index contributed by atoms with van der Waals surface area (Å²) in [5, 5.41) is 19.8. The first-order chi connectivity index (χ1) is 10.0. The average Bonchev–Trinajstić information content (AvgIpc) is 2.75. The summed E-state index contributed by atoms with van der Waals surface area (Å²) < 4.78 is 0. The van der Waals surface area contributed by atoms with Crippen molar-refractivity contribution in [1.29, 1.82) is 0 Å². The smallest absolute Gasteiger partial charge is 0.218 e. The third-order valence-electron chi connectivity index (χ3n) is 3.34. The van der Waals surface area contributed by atoms with Gasteiger partial charge in [0.05, 0.1) is 11.2 Å². The Balaban J connectivity index is 2.09. The third-order valence-corrected chi connectivity index (χ3v) is 3.57. The number of hydrogen-bond donors (Lipinski definition) is 2. The minimum Gasteiger partial charge on any atom is -0.493 e. The van der Waals surface area contributed by atoms with Crippen LogP contribution in [-0.4, -0.2) is 10.1 Å². The van der Waals surface area contributed by atoms with Crippen LogP contribution < -0.4 is 0 Å². The standard InChI is InChI=1S/C16H14ClN3O/c1-9-3-6-13-12(7-9)15(16(21)18-13)20-19-14-8-11(17)5-4-10(14)2/h3-8,18,21H,1-2H3. The van der Waals surface area contributed by atoms with Crippen molar-refractivity contribution < 1.29 is 5.11 Å². The zero-order valence-corrected chi connectivity index (χ0v) is 12.4. The maximum Gasteiger partial charge on any atom is 0.218 e. The van der Waals surface area contributed by atoms with E-state index in [2.05, 4.69) is 15.2 Å². The fourth-order valence-corrected chi connectivity index (χ4v) is 2.34. The Hall–Kier alpha value is -2.33. The van der Waals surface area contributed by atoms with Gasteiger partial charge in [0.15, 0.2) is 5.69 Å². The Bertz CT molecular complexity index is 852. The van der Waals surface area contributed by atoms with Gasteiger partial charge in [-0.25, -0.2) is 0 Å². The first-order valence-corrected chi connectivity index (χ1v) is 6.91. The second kappa shape index (κ2) is 5.22. The molecule has 5 heteroatoms. The zero-order chi connectivity index (χ0) is 15.0. The minimum absolute atomic E-state index is 0.0130. The number of H-pyrrole nitrogens is 1. The molecule has 0 unspecified atom stereocenters. The lowest BCUT2D eigenvalue weighted by atomic mass is 10.1. The van der Waals surface area contributed by atoms with Crippen LogP contribution in [0.3, 0.4) is 0 Å². The van der Waals surface area contributed by atoms with Gasteiger partial charge in [0.2, 0.25) is 5.88 Å². The summed E-state index contributed by atoms with van der Waals surface area (Å²) in [7, 11) is 0. The summed E-state index contributed by atoms with van der Waals surface area (Å²) in [6, 6.07) is 11.3. The number of halogens is 1. The number of rotatable bonds is 2. The lowest BCUT2D eigenvalue weighted by Gasteiger charge is -1.99. The first kappa shape index (κ1) is 13.6. The summed E-state index contributed by atoms with van der Waals surface area (Å²) in [6.07, 6.45) is 0. The number of benzene rings is 2. The molecule has 0 aliphatic carbocycles. The maximum absolute atomic E-state index is 9.99. The van der Waals surface area contributed by atoms with E-state index in [1.54, 1.807) is 6.07 Å². The molecule has 2 N–H and O–H groups in total. The van der Waals surface area contributed by atoms with Gasteiger partial charge in [-0.1, -0.05) is 29.3 Å². The van der Waals surface area contributed by atoms with Gasteiger partial charge in [-0.2, -0.15) is 5.11 Å². The van der Waals surface area contributed by atoms with E-state index in [9.17, 15) is 5.11 Å². The average molecular weight is 300 g/mol. The molecule has 2 aromatic carbocycles. The van der Waals surface area contributed by atoms with Crippen LogP contribution in [-0.2, 0) is 0 Å². The summed E-state index contributed by atoms with van der Waals surface area (Å²) in [5.41, 5.74) is 4.02. The largest absolute Gasteiger partial charge is 0.493 e. The fraction of sp³-hybridized carbons (Fsp3) is 0.125. The molecule has 3 aromatic rings. The predicted octanol–water partition coefficient (Wildman–Crippen LogP) is 5.56. The maximum atomic E-state index is 9.99.